The molecule has 0 aromatic carbocycles. The van der Waals surface area contributed by atoms with Crippen molar-refractivity contribution in [3.63, 3.8) is 0 Å². The third kappa shape index (κ3) is 9.49. The molecule has 0 aromatic rings. The summed E-state index contributed by atoms with van der Waals surface area (Å²) < 4.78 is 70.9. The first-order valence-corrected chi connectivity index (χ1v) is 25.0. The van der Waals surface area contributed by atoms with Crippen LogP contribution in [-0.4, -0.2) is 66.7 Å². The topological polar surface area (TPSA) is 55.4 Å². The summed E-state index contributed by atoms with van der Waals surface area (Å²) in [6, 6.07) is 0. The van der Waals surface area contributed by atoms with Gasteiger partial charge in [0, 0.05) is 24.2 Å². The Morgan fingerprint density at radius 3 is 2.08 bits per heavy atom. The molecule has 2 bridgehead atoms. The number of ether oxygens (including phenoxy) is 4. The Kier molecular flexibility index (Phi) is 12.6. The number of allylic oxidation sites excluding steroid dienone is 2. The number of alkyl halides is 2. The fraction of sp³-hybridized carbons (Fsp3) is 0.897. The maximum Gasteiger partial charge on any atom is 0.310 e. The highest BCUT2D eigenvalue weighted by atomic mass is 28.4. The van der Waals surface area contributed by atoms with Gasteiger partial charge in [0.2, 0.25) is 0 Å². The van der Waals surface area contributed by atoms with Crippen molar-refractivity contribution in [3.05, 3.63) is 24.0 Å². The highest BCUT2D eigenvalue weighted by molar-refractivity contribution is 6.74. The molecule has 6 nitrogen and oxygen atoms in total. The lowest BCUT2D eigenvalue weighted by molar-refractivity contribution is -0.467. The van der Waals surface area contributed by atoms with Gasteiger partial charge < -0.3 is 27.8 Å². The van der Waals surface area contributed by atoms with E-state index in [1.807, 2.05) is 6.08 Å². The summed E-state index contributed by atoms with van der Waals surface area (Å²) in [4.78, 5) is 0. The van der Waals surface area contributed by atoms with Gasteiger partial charge in [-0.3, -0.25) is 0 Å². The van der Waals surface area contributed by atoms with Gasteiger partial charge in [-0.25, -0.2) is 0 Å². The minimum absolute atomic E-state index is 0.0397. The molecule has 5 aliphatic rings. The molecule has 4 saturated heterocycles. The quantitative estimate of drug-likeness (QED) is 0.0951. The second-order valence-electron chi connectivity index (χ2n) is 19.1. The molecular formula is C39H70F2O6Si2. The molecule has 1 aliphatic carbocycles. The van der Waals surface area contributed by atoms with E-state index in [2.05, 4.69) is 94.6 Å². The second kappa shape index (κ2) is 15.0. The maximum atomic E-state index is 16.6. The van der Waals surface area contributed by atoms with Crippen LogP contribution in [-0.2, 0) is 27.8 Å². The fourth-order valence-corrected chi connectivity index (χ4v) is 9.68. The Morgan fingerprint density at radius 1 is 0.939 bits per heavy atom. The molecule has 4 aliphatic heterocycles. The van der Waals surface area contributed by atoms with Crippen LogP contribution in [0.15, 0.2) is 24.0 Å². The monoisotopic (exact) mass is 728 g/mol. The predicted molar refractivity (Wildman–Crippen MR) is 199 cm³/mol. The van der Waals surface area contributed by atoms with E-state index in [9.17, 15) is 0 Å². The van der Waals surface area contributed by atoms with Crippen molar-refractivity contribution in [2.45, 2.75) is 180 Å². The van der Waals surface area contributed by atoms with Gasteiger partial charge >= 0.3 is 5.92 Å². The number of unbranched alkanes of at least 4 members (excludes halogenated alkanes) is 2. The van der Waals surface area contributed by atoms with Crippen LogP contribution in [0.1, 0.15) is 114 Å². The standard InChI is InChI=1S/C39H70F2O6Si2/c1-14-15-18-28(2)23-29(46-48(10,11)35(3,4)5)20-21-30-31(47-49(12,13)36(6,7)8)24-32-34(30)39(40,41)33(45-32)19-16-17-22-38-42-25-37(9,26-43-38)27-44-38/h19-21,28-32,34H,14-18,22-27H2,1-13H3/t28-,29+,30-,31+,32-,34+,37?,38?/m0/s1. The number of fused-ring (bicyclic) bond motifs is 4. The van der Waals surface area contributed by atoms with E-state index in [0.29, 0.717) is 51.4 Å². The number of hydrogen-bond donors (Lipinski definition) is 0. The van der Waals surface area contributed by atoms with Gasteiger partial charge in [0.05, 0.1) is 37.9 Å². The van der Waals surface area contributed by atoms with Gasteiger partial charge in [0.15, 0.2) is 22.4 Å². The van der Waals surface area contributed by atoms with E-state index in [4.69, 9.17) is 27.8 Å². The molecule has 5 rings (SSSR count). The summed E-state index contributed by atoms with van der Waals surface area (Å²) in [5, 5.41) is 0.00475. The Bertz CT molecular complexity index is 1150. The highest BCUT2D eigenvalue weighted by Gasteiger charge is 2.64. The van der Waals surface area contributed by atoms with Crippen LogP contribution in [0.4, 0.5) is 8.78 Å². The van der Waals surface area contributed by atoms with E-state index in [1.54, 1.807) is 6.08 Å². The summed E-state index contributed by atoms with van der Waals surface area (Å²) in [6.45, 7) is 30.7. The van der Waals surface area contributed by atoms with Crippen molar-refractivity contribution in [3.8, 4) is 0 Å². The lowest BCUT2D eigenvalue weighted by Crippen LogP contribution is -2.58. The number of halogens is 2. The fourth-order valence-electron chi connectivity index (χ4n) is 7.04. The first kappa shape index (κ1) is 41.1. The SMILES string of the molecule is CCCC[C@H](C)C[C@@H](C=C[C@@H]1[C@@H]2[C@H](C[C@H]1O[Si](C)(C)C(C)(C)C)OC(=CCCCC13OCC(C)(CO1)CO3)C2(F)F)O[Si](C)(C)C(C)(C)C. The average molecular weight is 729 g/mol. The molecule has 10 heteroatoms. The minimum atomic E-state index is -3.10. The molecule has 284 valence electrons. The Hall–Kier alpha value is -0.626. The molecule has 49 heavy (non-hydrogen) atoms. The van der Waals surface area contributed by atoms with Crippen LogP contribution in [0.25, 0.3) is 0 Å². The Labute approximate surface area is 299 Å². The largest absolute Gasteiger partial charge is 0.488 e. The van der Waals surface area contributed by atoms with Crippen molar-refractivity contribution in [2.75, 3.05) is 19.8 Å². The molecule has 4 heterocycles. The second-order valence-corrected chi connectivity index (χ2v) is 28.7. The van der Waals surface area contributed by atoms with Gasteiger partial charge in [-0.1, -0.05) is 93.7 Å². The zero-order valence-electron chi connectivity index (χ0n) is 33.2. The normalized spacial score (nSPS) is 34.1. The molecule has 1 saturated carbocycles. The summed E-state index contributed by atoms with van der Waals surface area (Å²) in [7, 11) is -4.36. The third-order valence-electron chi connectivity index (χ3n) is 12.4. The third-order valence-corrected chi connectivity index (χ3v) is 21.4. The van der Waals surface area contributed by atoms with Crippen molar-refractivity contribution in [1.82, 2.24) is 0 Å². The van der Waals surface area contributed by atoms with E-state index < -0.39 is 46.5 Å². The van der Waals surface area contributed by atoms with E-state index in [1.165, 1.54) is 6.42 Å². The van der Waals surface area contributed by atoms with Crippen LogP contribution in [0.3, 0.4) is 0 Å². The summed E-state index contributed by atoms with van der Waals surface area (Å²) in [5.41, 5.74) is -0.109. The molecule has 0 N–H and O–H groups in total. The van der Waals surface area contributed by atoms with Crippen molar-refractivity contribution in [1.29, 1.82) is 0 Å². The molecule has 6 atom stereocenters. The van der Waals surface area contributed by atoms with Crippen molar-refractivity contribution in [2.24, 2.45) is 23.2 Å². The van der Waals surface area contributed by atoms with E-state index >= 15 is 8.78 Å². The lowest BCUT2D eigenvalue weighted by atomic mass is 9.87. The first-order chi connectivity index (χ1) is 22.4. The first-order valence-electron chi connectivity index (χ1n) is 19.2. The minimum Gasteiger partial charge on any atom is -0.488 e. The molecule has 0 radical (unpaired) electrons. The zero-order chi connectivity index (χ0) is 36.7. The van der Waals surface area contributed by atoms with Gasteiger partial charge in [-0.05, 0) is 67.5 Å². The van der Waals surface area contributed by atoms with Crippen molar-refractivity contribution < 1.29 is 36.6 Å². The van der Waals surface area contributed by atoms with Crippen LogP contribution < -0.4 is 0 Å². The van der Waals surface area contributed by atoms with Crippen LogP contribution in [0, 0.1) is 23.2 Å². The molecule has 0 amide bonds. The number of rotatable bonds is 15. The van der Waals surface area contributed by atoms with Gasteiger partial charge in [-0.15, -0.1) is 0 Å². The van der Waals surface area contributed by atoms with E-state index in [0.717, 1.165) is 19.3 Å². The molecular weight excluding hydrogens is 659 g/mol. The summed E-state index contributed by atoms with van der Waals surface area (Å²) in [6.07, 6.45) is 11.0. The average Bonchev–Trinajstić information content (AvgIpc) is 3.44. The molecule has 5 fully saturated rings. The Morgan fingerprint density at radius 2 is 1.53 bits per heavy atom. The number of hydrogen-bond acceptors (Lipinski definition) is 6. The van der Waals surface area contributed by atoms with Crippen LogP contribution in [0.2, 0.25) is 36.3 Å². The maximum absolute atomic E-state index is 16.6. The van der Waals surface area contributed by atoms with E-state index in [-0.39, 0.29) is 33.5 Å². The molecule has 0 aromatic heterocycles. The highest BCUT2D eigenvalue weighted by Crippen LogP contribution is 2.56. The predicted octanol–water partition coefficient (Wildman–Crippen LogP) is 11.0. The smallest absolute Gasteiger partial charge is 0.310 e. The van der Waals surface area contributed by atoms with Crippen LogP contribution in [0.5, 0.6) is 0 Å². The van der Waals surface area contributed by atoms with Gasteiger partial charge in [0.1, 0.15) is 6.10 Å². The lowest BCUT2D eigenvalue weighted by Gasteiger charge is -2.50. The molecule has 0 spiro atoms. The summed E-state index contributed by atoms with van der Waals surface area (Å²) in [5.74, 6) is -5.34. The molecule has 0 unspecified atom stereocenters. The Balaban J connectivity index is 1.56. The van der Waals surface area contributed by atoms with Gasteiger partial charge in [0.25, 0.3) is 5.97 Å². The van der Waals surface area contributed by atoms with Crippen LogP contribution >= 0.6 is 0 Å². The van der Waals surface area contributed by atoms with Crippen molar-refractivity contribution >= 4 is 16.6 Å². The zero-order valence-corrected chi connectivity index (χ0v) is 35.2. The summed E-state index contributed by atoms with van der Waals surface area (Å²) >= 11 is 0. The van der Waals surface area contributed by atoms with Gasteiger partial charge in [-0.2, -0.15) is 8.78 Å².